The molecular weight excluding hydrogens is 258 g/mol. The van der Waals surface area contributed by atoms with E-state index in [-0.39, 0.29) is 11.9 Å². The largest absolute Gasteiger partial charge is 0.496 e. The first-order valence-corrected chi connectivity index (χ1v) is 6.79. The van der Waals surface area contributed by atoms with E-state index in [1.54, 1.807) is 30.0 Å². The Kier molecular flexibility index (Phi) is 4.61. The normalized spacial score (nSPS) is 17.9. The van der Waals surface area contributed by atoms with Gasteiger partial charge in [-0.25, -0.2) is 4.79 Å². The van der Waals surface area contributed by atoms with Crippen molar-refractivity contribution in [2.75, 3.05) is 20.3 Å². The summed E-state index contributed by atoms with van der Waals surface area (Å²) in [7, 11) is 1.53. The molecule has 1 fully saturated rings. The van der Waals surface area contributed by atoms with Gasteiger partial charge in [-0.1, -0.05) is 12.1 Å². The molecule has 1 unspecified atom stereocenters. The van der Waals surface area contributed by atoms with Crippen LogP contribution >= 0.6 is 0 Å². The van der Waals surface area contributed by atoms with Crippen molar-refractivity contribution < 1.29 is 19.1 Å². The Morgan fingerprint density at radius 1 is 1.35 bits per heavy atom. The summed E-state index contributed by atoms with van der Waals surface area (Å²) in [6.45, 7) is 2.66. The number of hydrogen-bond donors (Lipinski definition) is 0. The summed E-state index contributed by atoms with van der Waals surface area (Å²) in [4.78, 5) is 26.1. The summed E-state index contributed by atoms with van der Waals surface area (Å²) in [6, 6.07) is 6.56. The molecule has 0 spiro atoms. The maximum absolute atomic E-state index is 12.6. The molecule has 1 amide bonds. The molecular formula is C15H19NO4. The molecule has 108 valence electrons. The van der Waals surface area contributed by atoms with E-state index in [2.05, 4.69) is 0 Å². The highest BCUT2D eigenvalue weighted by Crippen LogP contribution is 2.25. The molecule has 0 aromatic heterocycles. The van der Waals surface area contributed by atoms with E-state index in [4.69, 9.17) is 9.47 Å². The Labute approximate surface area is 118 Å². The van der Waals surface area contributed by atoms with E-state index in [0.717, 1.165) is 6.42 Å². The van der Waals surface area contributed by atoms with E-state index in [1.807, 2.05) is 6.07 Å². The molecule has 2 rings (SSSR count). The SMILES string of the molecule is CCOC(=O)C1CCCN1C(=O)c1ccccc1OC. The zero-order chi connectivity index (χ0) is 14.5. The van der Waals surface area contributed by atoms with Gasteiger partial charge in [0, 0.05) is 6.54 Å². The van der Waals surface area contributed by atoms with Gasteiger partial charge in [-0.05, 0) is 31.9 Å². The quantitative estimate of drug-likeness (QED) is 0.788. The second kappa shape index (κ2) is 6.41. The third-order valence-electron chi connectivity index (χ3n) is 3.41. The van der Waals surface area contributed by atoms with Crippen LogP contribution < -0.4 is 4.74 Å². The van der Waals surface area contributed by atoms with Crippen molar-refractivity contribution in [2.24, 2.45) is 0 Å². The van der Waals surface area contributed by atoms with Gasteiger partial charge in [0.15, 0.2) is 0 Å². The number of carbonyl (C=O) groups is 2. The highest BCUT2D eigenvalue weighted by atomic mass is 16.5. The molecule has 1 aromatic rings. The number of esters is 1. The van der Waals surface area contributed by atoms with Crippen molar-refractivity contribution in [3.05, 3.63) is 29.8 Å². The number of para-hydroxylation sites is 1. The fraction of sp³-hybridized carbons (Fsp3) is 0.467. The van der Waals surface area contributed by atoms with Crippen LogP contribution in [0.15, 0.2) is 24.3 Å². The maximum Gasteiger partial charge on any atom is 0.328 e. The van der Waals surface area contributed by atoms with Gasteiger partial charge in [-0.15, -0.1) is 0 Å². The number of methoxy groups -OCH3 is 1. The lowest BCUT2D eigenvalue weighted by atomic mass is 10.1. The molecule has 1 aliphatic rings. The van der Waals surface area contributed by atoms with Crippen LogP contribution in [0.25, 0.3) is 0 Å². The minimum Gasteiger partial charge on any atom is -0.496 e. The van der Waals surface area contributed by atoms with Gasteiger partial charge < -0.3 is 14.4 Å². The number of ether oxygens (including phenoxy) is 2. The third-order valence-corrected chi connectivity index (χ3v) is 3.41. The number of benzene rings is 1. The van der Waals surface area contributed by atoms with Crippen molar-refractivity contribution in [3.63, 3.8) is 0 Å². The number of hydrogen-bond acceptors (Lipinski definition) is 4. The highest BCUT2D eigenvalue weighted by molar-refractivity contribution is 5.99. The average molecular weight is 277 g/mol. The van der Waals surface area contributed by atoms with Gasteiger partial charge in [0.1, 0.15) is 11.8 Å². The van der Waals surface area contributed by atoms with Gasteiger partial charge >= 0.3 is 5.97 Å². The van der Waals surface area contributed by atoms with Crippen LogP contribution in [0.3, 0.4) is 0 Å². The first-order valence-electron chi connectivity index (χ1n) is 6.79. The number of amides is 1. The fourth-order valence-corrected chi connectivity index (χ4v) is 2.47. The van der Waals surface area contributed by atoms with E-state index < -0.39 is 6.04 Å². The molecule has 20 heavy (non-hydrogen) atoms. The summed E-state index contributed by atoms with van der Waals surface area (Å²) < 4.78 is 10.2. The molecule has 0 N–H and O–H groups in total. The number of likely N-dealkylation sites (tertiary alicyclic amines) is 1. The van der Waals surface area contributed by atoms with Crippen LogP contribution in [0.2, 0.25) is 0 Å². The first kappa shape index (κ1) is 14.4. The molecule has 1 atom stereocenters. The second-order valence-corrected chi connectivity index (χ2v) is 4.61. The number of carbonyl (C=O) groups excluding carboxylic acids is 2. The van der Waals surface area contributed by atoms with Crippen LogP contribution in [0, 0.1) is 0 Å². The molecule has 5 nitrogen and oxygen atoms in total. The molecule has 0 radical (unpaired) electrons. The van der Waals surface area contributed by atoms with Crippen molar-refractivity contribution >= 4 is 11.9 Å². The Balaban J connectivity index is 2.21. The fourth-order valence-electron chi connectivity index (χ4n) is 2.47. The highest BCUT2D eigenvalue weighted by Gasteiger charge is 2.36. The second-order valence-electron chi connectivity index (χ2n) is 4.61. The maximum atomic E-state index is 12.6. The predicted octanol–water partition coefficient (Wildman–Crippen LogP) is 1.86. The van der Waals surface area contributed by atoms with Crippen LogP contribution in [-0.2, 0) is 9.53 Å². The van der Waals surface area contributed by atoms with Gasteiger partial charge in [0.25, 0.3) is 5.91 Å². The minimum atomic E-state index is -0.479. The molecule has 0 saturated carbocycles. The molecule has 0 aliphatic carbocycles. The predicted molar refractivity (Wildman–Crippen MR) is 73.7 cm³/mol. The summed E-state index contributed by atoms with van der Waals surface area (Å²) in [5.74, 6) is 0.0123. The van der Waals surface area contributed by atoms with E-state index in [9.17, 15) is 9.59 Å². The first-order chi connectivity index (χ1) is 9.69. The minimum absolute atomic E-state index is 0.182. The molecule has 1 aliphatic heterocycles. The summed E-state index contributed by atoms with van der Waals surface area (Å²) in [5.41, 5.74) is 0.478. The third kappa shape index (κ3) is 2.76. The van der Waals surface area contributed by atoms with E-state index in [1.165, 1.54) is 7.11 Å². The molecule has 5 heteroatoms. The Morgan fingerprint density at radius 3 is 2.80 bits per heavy atom. The Bertz CT molecular complexity index is 500. The van der Waals surface area contributed by atoms with Crippen molar-refractivity contribution in [2.45, 2.75) is 25.8 Å². The molecule has 0 bridgehead atoms. The van der Waals surface area contributed by atoms with Gasteiger partial charge in [-0.3, -0.25) is 4.79 Å². The van der Waals surface area contributed by atoms with Gasteiger partial charge in [0.2, 0.25) is 0 Å². The van der Waals surface area contributed by atoms with Gasteiger partial charge in [0.05, 0.1) is 19.3 Å². The van der Waals surface area contributed by atoms with Crippen LogP contribution in [-0.4, -0.2) is 43.1 Å². The van der Waals surface area contributed by atoms with E-state index in [0.29, 0.717) is 30.9 Å². The summed E-state index contributed by atoms with van der Waals surface area (Å²) in [6.07, 6.45) is 1.46. The van der Waals surface area contributed by atoms with Crippen LogP contribution in [0.4, 0.5) is 0 Å². The summed E-state index contributed by atoms with van der Waals surface area (Å²) in [5, 5.41) is 0. The lowest BCUT2D eigenvalue weighted by molar-refractivity contribution is -0.147. The standard InChI is InChI=1S/C15H19NO4/c1-3-20-15(18)12-8-6-10-16(12)14(17)11-7-4-5-9-13(11)19-2/h4-5,7,9,12H,3,6,8,10H2,1-2H3. The topological polar surface area (TPSA) is 55.8 Å². The molecule has 1 aromatic carbocycles. The molecule has 1 saturated heterocycles. The van der Waals surface area contributed by atoms with Crippen molar-refractivity contribution in [3.8, 4) is 5.75 Å². The lowest BCUT2D eigenvalue weighted by Crippen LogP contribution is -2.41. The Hall–Kier alpha value is -2.04. The van der Waals surface area contributed by atoms with Crippen molar-refractivity contribution in [1.82, 2.24) is 4.90 Å². The average Bonchev–Trinajstić information content (AvgIpc) is 2.96. The smallest absolute Gasteiger partial charge is 0.328 e. The zero-order valence-corrected chi connectivity index (χ0v) is 11.8. The lowest BCUT2D eigenvalue weighted by Gasteiger charge is -2.23. The molecule has 1 heterocycles. The van der Waals surface area contributed by atoms with Crippen LogP contribution in [0.5, 0.6) is 5.75 Å². The number of nitrogens with zero attached hydrogens (tertiary/aromatic N) is 1. The van der Waals surface area contributed by atoms with Gasteiger partial charge in [-0.2, -0.15) is 0 Å². The summed E-state index contributed by atoms with van der Waals surface area (Å²) >= 11 is 0. The monoisotopic (exact) mass is 277 g/mol. The van der Waals surface area contributed by atoms with E-state index >= 15 is 0 Å². The zero-order valence-electron chi connectivity index (χ0n) is 11.8. The number of rotatable bonds is 4. The van der Waals surface area contributed by atoms with Crippen LogP contribution in [0.1, 0.15) is 30.1 Å². The van der Waals surface area contributed by atoms with Crippen molar-refractivity contribution in [1.29, 1.82) is 0 Å². The Morgan fingerprint density at radius 2 is 2.10 bits per heavy atom.